The number of aliphatic carboxylic acids is 1. The lowest BCUT2D eigenvalue weighted by Gasteiger charge is -1.97. The quantitative estimate of drug-likeness (QED) is 0.644. The molecule has 18 heavy (non-hydrogen) atoms. The molecule has 0 saturated carbocycles. The number of aromatic amines is 1. The van der Waals surface area contributed by atoms with E-state index in [0.29, 0.717) is 21.8 Å². The van der Waals surface area contributed by atoms with Crippen molar-refractivity contribution in [1.29, 1.82) is 0 Å². The molecule has 0 aliphatic heterocycles. The van der Waals surface area contributed by atoms with Crippen LogP contribution in [0.25, 0.3) is 11.0 Å². The molecule has 94 valence electrons. The molecule has 2 N–H and O–H groups in total. The Balaban J connectivity index is 2.28. The van der Waals surface area contributed by atoms with Crippen LogP contribution in [0.2, 0.25) is 0 Å². The minimum absolute atomic E-state index is 0.0658. The van der Waals surface area contributed by atoms with Gasteiger partial charge in [-0.15, -0.1) is 0 Å². The van der Waals surface area contributed by atoms with Crippen molar-refractivity contribution in [2.45, 2.75) is 5.16 Å². The molecule has 0 radical (unpaired) electrons. The molecule has 0 unspecified atom stereocenters. The average Bonchev–Trinajstić information content (AvgIpc) is 2.77. The molecular weight excluding hydrogens is 256 g/mol. The van der Waals surface area contributed by atoms with Crippen LogP contribution in [0.5, 0.6) is 0 Å². The van der Waals surface area contributed by atoms with Gasteiger partial charge in [0.1, 0.15) is 0 Å². The van der Waals surface area contributed by atoms with E-state index in [1.807, 2.05) is 0 Å². The van der Waals surface area contributed by atoms with Crippen LogP contribution >= 0.6 is 11.8 Å². The summed E-state index contributed by atoms with van der Waals surface area (Å²) in [5.41, 5.74) is 1.77. The van der Waals surface area contributed by atoms with Crippen molar-refractivity contribution in [3.8, 4) is 0 Å². The number of thioether (sulfide) groups is 1. The monoisotopic (exact) mass is 266 g/mol. The second-order valence-corrected chi connectivity index (χ2v) is 4.41. The molecule has 1 heterocycles. The molecule has 0 bridgehead atoms. The van der Waals surface area contributed by atoms with Gasteiger partial charge in [0.15, 0.2) is 5.16 Å². The Labute approximate surface area is 106 Å². The van der Waals surface area contributed by atoms with Gasteiger partial charge in [0.2, 0.25) is 0 Å². The molecule has 0 aliphatic carbocycles. The minimum Gasteiger partial charge on any atom is -0.481 e. The van der Waals surface area contributed by atoms with Gasteiger partial charge in [0, 0.05) is 0 Å². The number of carbonyl (C=O) groups excluding carboxylic acids is 1. The third-order valence-electron chi connectivity index (χ3n) is 2.21. The van der Waals surface area contributed by atoms with E-state index in [1.165, 1.54) is 7.11 Å². The Morgan fingerprint density at radius 1 is 1.50 bits per heavy atom. The Morgan fingerprint density at radius 3 is 2.94 bits per heavy atom. The first-order valence-corrected chi connectivity index (χ1v) is 6.01. The second kappa shape index (κ2) is 5.09. The first-order chi connectivity index (χ1) is 8.60. The third-order valence-corrected chi connectivity index (χ3v) is 3.07. The number of esters is 1. The van der Waals surface area contributed by atoms with Crippen molar-refractivity contribution in [2.75, 3.05) is 12.9 Å². The summed E-state index contributed by atoms with van der Waals surface area (Å²) in [7, 11) is 1.31. The average molecular weight is 266 g/mol. The van der Waals surface area contributed by atoms with E-state index in [1.54, 1.807) is 18.2 Å². The standard InChI is InChI=1S/C11H10N2O4S/c1-17-10(16)6-2-3-7-8(4-6)13-11(12-7)18-5-9(14)15/h2-4H,5H2,1H3,(H,12,13)(H,14,15). The fourth-order valence-corrected chi connectivity index (χ4v) is 2.03. The van der Waals surface area contributed by atoms with Crippen LogP contribution in [0.4, 0.5) is 0 Å². The number of nitrogens with zero attached hydrogens (tertiary/aromatic N) is 1. The summed E-state index contributed by atoms with van der Waals surface area (Å²) in [5, 5.41) is 9.08. The topological polar surface area (TPSA) is 92.3 Å². The van der Waals surface area contributed by atoms with Gasteiger partial charge >= 0.3 is 11.9 Å². The molecule has 0 fully saturated rings. The van der Waals surface area contributed by atoms with Crippen LogP contribution in [-0.2, 0) is 9.53 Å². The predicted octanol–water partition coefficient (Wildman–Crippen LogP) is 1.53. The second-order valence-electron chi connectivity index (χ2n) is 3.45. The fraction of sp³-hybridized carbons (Fsp3) is 0.182. The van der Waals surface area contributed by atoms with E-state index >= 15 is 0 Å². The van der Waals surface area contributed by atoms with Crippen molar-refractivity contribution in [3.05, 3.63) is 23.8 Å². The number of benzene rings is 1. The zero-order valence-electron chi connectivity index (χ0n) is 9.47. The normalized spacial score (nSPS) is 10.5. The molecule has 1 aromatic heterocycles. The summed E-state index contributed by atoms with van der Waals surface area (Å²) in [5.74, 6) is -1.40. The number of imidazole rings is 1. The highest BCUT2D eigenvalue weighted by Gasteiger charge is 2.09. The number of H-pyrrole nitrogens is 1. The van der Waals surface area contributed by atoms with Gasteiger partial charge in [-0.05, 0) is 18.2 Å². The largest absolute Gasteiger partial charge is 0.481 e. The molecule has 2 aromatic rings. The van der Waals surface area contributed by atoms with Gasteiger partial charge in [0.25, 0.3) is 0 Å². The Morgan fingerprint density at radius 2 is 2.28 bits per heavy atom. The van der Waals surface area contributed by atoms with Crippen LogP contribution in [0.3, 0.4) is 0 Å². The number of hydrogen-bond donors (Lipinski definition) is 2. The molecule has 6 nitrogen and oxygen atoms in total. The minimum atomic E-state index is -0.907. The Bertz CT molecular complexity index is 608. The summed E-state index contributed by atoms with van der Waals surface area (Å²) in [6, 6.07) is 4.92. The van der Waals surface area contributed by atoms with Gasteiger partial charge in [-0.3, -0.25) is 4.79 Å². The maximum absolute atomic E-state index is 11.3. The van der Waals surface area contributed by atoms with Crippen LogP contribution in [0.1, 0.15) is 10.4 Å². The highest BCUT2D eigenvalue weighted by atomic mass is 32.2. The van der Waals surface area contributed by atoms with E-state index in [0.717, 1.165) is 11.8 Å². The SMILES string of the molecule is COC(=O)c1ccc2nc(SCC(=O)O)[nH]c2c1. The van der Waals surface area contributed by atoms with Crippen molar-refractivity contribution in [3.63, 3.8) is 0 Å². The number of carbonyl (C=O) groups is 2. The smallest absolute Gasteiger partial charge is 0.337 e. The van der Waals surface area contributed by atoms with E-state index < -0.39 is 11.9 Å². The van der Waals surface area contributed by atoms with Crippen LogP contribution in [-0.4, -0.2) is 39.9 Å². The number of carboxylic acid groups (broad SMARTS) is 1. The van der Waals surface area contributed by atoms with Crippen molar-refractivity contribution < 1.29 is 19.4 Å². The van der Waals surface area contributed by atoms with Crippen LogP contribution in [0.15, 0.2) is 23.4 Å². The predicted molar refractivity (Wildman–Crippen MR) is 65.8 cm³/mol. The summed E-state index contributed by atoms with van der Waals surface area (Å²) >= 11 is 1.09. The number of rotatable bonds is 4. The third kappa shape index (κ3) is 2.62. The maximum Gasteiger partial charge on any atom is 0.337 e. The highest BCUT2D eigenvalue weighted by molar-refractivity contribution is 7.99. The molecule has 1 aromatic carbocycles. The summed E-state index contributed by atoms with van der Waals surface area (Å²) in [4.78, 5) is 28.9. The highest BCUT2D eigenvalue weighted by Crippen LogP contribution is 2.20. The number of hydrogen-bond acceptors (Lipinski definition) is 5. The Hall–Kier alpha value is -2.02. The molecule has 0 amide bonds. The van der Waals surface area contributed by atoms with E-state index in [-0.39, 0.29) is 5.75 Å². The zero-order valence-corrected chi connectivity index (χ0v) is 10.3. The lowest BCUT2D eigenvalue weighted by Crippen LogP contribution is -2.00. The van der Waals surface area contributed by atoms with E-state index in [2.05, 4.69) is 14.7 Å². The fourth-order valence-electron chi connectivity index (χ4n) is 1.43. The first kappa shape index (κ1) is 12.4. The van der Waals surface area contributed by atoms with E-state index in [4.69, 9.17) is 5.11 Å². The van der Waals surface area contributed by atoms with Gasteiger partial charge in [-0.2, -0.15) is 0 Å². The van der Waals surface area contributed by atoms with Crippen molar-refractivity contribution >= 4 is 34.7 Å². The van der Waals surface area contributed by atoms with Crippen molar-refractivity contribution in [1.82, 2.24) is 9.97 Å². The maximum atomic E-state index is 11.3. The van der Waals surface area contributed by atoms with Gasteiger partial charge in [0.05, 0.1) is 29.5 Å². The molecule has 0 saturated heterocycles. The molecule has 7 heteroatoms. The number of ether oxygens (including phenoxy) is 1. The zero-order chi connectivity index (χ0) is 13.1. The number of carboxylic acids is 1. The molecule has 2 rings (SSSR count). The summed E-state index contributed by atoms with van der Waals surface area (Å²) in [6.45, 7) is 0. The Kier molecular flexibility index (Phi) is 3.52. The number of methoxy groups -OCH3 is 1. The lowest BCUT2D eigenvalue weighted by molar-refractivity contribution is -0.133. The summed E-state index contributed by atoms with van der Waals surface area (Å²) < 4.78 is 4.61. The molecule has 0 atom stereocenters. The van der Waals surface area contributed by atoms with Crippen LogP contribution < -0.4 is 0 Å². The summed E-state index contributed by atoms with van der Waals surface area (Å²) in [6.07, 6.45) is 0. The number of nitrogens with one attached hydrogen (secondary N) is 1. The van der Waals surface area contributed by atoms with Gasteiger partial charge in [-0.25, -0.2) is 9.78 Å². The number of fused-ring (bicyclic) bond motifs is 1. The van der Waals surface area contributed by atoms with Crippen molar-refractivity contribution in [2.24, 2.45) is 0 Å². The first-order valence-electron chi connectivity index (χ1n) is 5.03. The van der Waals surface area contributed by atoms with Gasteiger partial charge in [-0.1, -0.05) is 11.8 Å². The van der Waals surface area contributed by atoms with E-state index in [9.17, 15) is 9.59 Å². The number of aromatic nitrogens is 2. The lowest BCUT2D eigenvalue weighted by atomic mass is 10.2. The van der Waals surface area contributed by atoms with Crippen LogP contribution in [0, 0.1) is 0 Å². The molecule has 0 aliphatic rings. The molecule has 0 spiro atoms. The molecular formula is C11H10N2O4S. The van der Waals surface area contributed by atoms with Gasteiger partial charge < -0.3 is 14.8 Å².